The van der Waals surface area contributed by atoms with Gasteiger partial charge in [-0.3, -0.25) is 9.69 Å². The second-order valence-corrected chi connectivity index (χ2v) is 10.8. The first-order valence-electron chi connectivity index (χ1n) is 14.3. The number of hydrogen-bond acceptors (Lipinski definition) is 6. The van der Waals surface area contributed by atoms with Crippen molar-refractivity contribution >= 4 is 11.6 Å². The lowest BCUT2D eigenvalue weighted by Crippen LogP contribution is -2.43. The van der Waals surface area contributed by atoms with Gasteiger partial charge in [-0.2, -0.15) is 0 Å². The van der Waals surface area contributed by atoms with Gasteiger partial charge < -0.3 is 25.0 Å². The van der Waals surface area contributed by atoms with Crippen molar-refractivity contribution in [3.63, 3.8) is 0 Å². The summed E-state index contributed by atoms with van der Waals surface area (Å²) in [6.07, 6.45) is -1.00. The van der Waals surface area contributed by atoms with E-state index >= 15 is 0 Å². The minimum Gasteiger partial charge on any atom is -0.392 e. The van der Waals surface area contributed by atoms with E-state index in [0.717, 1.165) is 22.3 Å². The molecule has 1 amide bonds. The minimum absolute atomic E-state index is 0.0141. The van der Waals surface area contributed by atoms with Crippen molar-refractivity contribution in [2.45, 2.75) is 50.6 Å². The summed E-state index contributed by atoms with van der Waals surface area (Å²) in [6, 6.07) is 34.0. The molecule has 0 saturated carbocycles. The van der Waals surface area contributed by atoms with Gasteiger partial charge in [-0.15, -0.1) is 0 Å². The third kappa shape index (κ3) is 7.31. The zero-order valence-corrected chi connectivity index (χ0v) is 24.0. The Morgan fingerprint density at radius 3 is 2.14 bits per heavy atom. The highest BCUT2D eigenvalue weighted by Crippen LogP contribution is 2.38. The number of nitrogens with one attached hydrogen (secondary N) is 1. The van der Waals surface area contributed by atoms with E-state index in [1.54, 1.807) is 12.1 Å². The molecule has 218 valence electrons. The third-order valence-electron chi connectivity index (χ3n) is 7.88. The highest BCUT2D eigenvalue weighted by atomic mass is 16.7. The number of likely N-dealkylation sites (N-methyl/N-ethyl adjacent to an activating group) is 1. The van der Waals surface area contributed by atoms with E-state index in [1.807, 2.05) is 111 Å². The second-order valence-electron chi connectivity index (χ2n) is 10.8. The number of hydrogen-bond donors (Lipinski definition) is 3. The van der Waals surface area contributed by atoms with E-state index in [9.17, 15) is 15.0 Å². The Morgan fingerprint density at radius 1 is 0.881 bits per heavy atom. The summed E-state index contributed by atoms with van der Waals surface area (Å²) in [5.74, 6) is -0.171. The summed E-state index contributed by atoms with van der Waals surface area (Å²) in [6.45, 7) is 2.60. The second kappa shape index (κ2) is 13.9. The first-order chi connectivity index (χ1) is 20.4. The van der Waals surface area contributed by atoms with Crippen LogP contribution >= 0.6 is 0 Å². The van der Waals surface area contributed by atoms with Gasteiger partial charge >= 0.3 is 0 Å². The topological polar surface area (TPSA) is 91.3 Å². The van der Waals surface area contributed by atoms with Crippen molar-refractivity contribution in [3.8, 4) is 0 Å². The zero-order valence-electron chi connectivity index (χ0n) is 24.0. The highest BCUT2D eigenvalue weighted by Gasteiger charge is 2.34. The Morgan fingerprint density at radius 2 is 1.50 bits per heavy atom. The molecule has 5 atom stereocenters. The average molecular weight is 567 g/mol. The van der Waals surface area contributed by atoms with E-state index in [0.29, 0.717) is 24.2 Å². The summed E-state index contributed by atoms with van der Waals surface area (Å²) in [4.78, 5) is 14.7. The molecule has 0 aliphatic carbocycles. The van der Waals surface area contributed by atoms with Gasteiger partial charge in [0.05, 0.1) is 24.9 Å². The molecule has 3 N–H and O–H groups in total. The molecule has 1 heterocycles. The number of nitrogens with zero attached hydrogens (tertiary/aromatic N) is 1. The van der Waals surface area contributed by atoms with Crippen molar-refractivity contribution in [1.82, 2.24) is 4.90 Å². The molecule has 0 aromatic heterocycles. The number of benzene rings is 4. The average Bonchev–Trinajstić information content (AvgIpc) is 3.05. The van der Waals surface area contributed by atoms with E-state index in [-0.39, 0.29) is 30.8 Å². The van der Waals surface area contributed by atoms with Crippen LogP contribution in [0.5, 0.6) is 0 Å². The maximum atomic E-state index is 12.6. The molecule has 0 spiro atoms. The van der Waals surface area contributed by atoms with Crippen molar-refractivity contribution in [3.05, 3.63) is 137 Å². The summed E-state index contributed by atoms with van der Waals surface area (Å²) in [5.41, 5.74) is 4.85. The molecule has 5 rings (SSSR count). The number of carbonyl (C=O) groups is 1. The van der Waals surface area contributed by atoms with E-state index in [1.165, 1.54) is 0 Å². The quantitative estimate of drug-likeness (QED) is 0.217. The molecular formula is C35H38N2O5. The van der Waals surface area contributed by atoms with Gasteiger partial charge in [0.1, 0.15) is 0 Å². The first-order valence-corrected chi connectivity index (χ1v) is 14.3. The lowest BCUT2D eigenvalue weighted by Gasteiger charge is -2.39. The Balaban J connectivity index is 1.31. The number of anilines is 1. The maximum absolute atomic E-state index is 12.6. The van der Waals surface area contributed by atoms with Crippen molar-refractivity contribution in [1.29, 1.82) is 0 Å². The maximum Gasteiger partial charge on any atom is 0.255 e. The van der Waals surface area contributed by atoms with E-state index < -0.39 is 12.4 Å². The Kier molecular flexibility index (Phi) is 9.79. The number of aliphatic hydroxyl groups excluding tert-OH is 2. The fourth-order valence-corrected chi connectivity index (χ4v) is 5.21. The van der Waals surface area contributed by atoms with Crippen molar-refractivity contribution < 1.29 is 24.5 Å². The smallest absolute Gasteiger partial charge is 0.255 e. The largest absolute Gasteiger partial charge is 0.392 e. The van der Waals surface area contributed by atoms with Crippen LogP contribution in [0, 0.1) is 0 Å². The van der Waals surface area contributed by atoms with Crippen LogP contribution in [0.1, 0.15) is 64.5 Å². The normalized spacial score (nSPS) is 20.2. The minimum atomic E-state index is -0.632. The van der Waals surface area contributed by atoms with Gasteiger partial charge in [0, 0.05) is 35.8 Å². The molecule has 1 fully saturated rings. The Bertz CT molecular complexity index is 1410. The molecule has 1 aliphatic rings. The van der Waals surface area contributed by atoms with Gasteiger partial charge in [-0.05, 0) is 54.9 Å². The van der Waals surface area contributed by atoms with Crippen molar-refractivity contribution in [2.75, 3.05) is 18.9 Å². The fourth-order valence-electron chi connectivity index (χ4n) is 5.21. The van der Waals surface area contributed by atoms with Gasteiger partial charge in [0.2, 0.25) is 0 Å². The molecule has 4 aromatic carbocycles. The Hall–Kier alpha value is -3.85. The number of rotatable bonds is 10. The van der Waals surface area contributed by atoms with Gasteiger partial charge in [0.15, 0.2) is 6.29 Å². The number of carbonyl (C=O) groups excluding carboxylic acids is 1. The standard InChI is InChI=1S/C35H38N2O5/c1-24(33(39)27-9-5-3-6-10-27)37(2)22-31-21-32(26-15-13-25(23-38)14-16-26)42-35(41-31)29-17-19-30(20-18-29)36-34(40)28-11-7-4-8-12-28/h3-20,24,31-33,35,38-39H,21-23H2,1-2H3,(H,36,40)/t24-,31-,32+,33-,35+/m1/s1. The molecule has 7 nitrogen and oxygen atoms in total. The Labute approximate surface area is 247 Å². The summed E-state index contributed by atoms with van der Waals surface area (Å²) in [7, 11) is 2.00. The van der Waals surface area contributed by atoms with Crippen LogP contribution < -0.4 is 5.32 Å². The number of ether oxygens (including phenoxy) is 2. The van der Waals surface area contributed by atoms with Gasteiger partial charge in [-0.25, -0.2) is 0 Å². The monoisotopic (exact) mass is 566 g/mol. The van der Waals surface area contributed by atoms with Crippen LogP contribution in [0.2, 0.25) is 0 Å². The molecule has 7 heteroatoms. The van der Waals surface area contributed by atoms with E-state index in [4.69, 9.17) is 9.47 Å². The number of amides is 1. The summed E-state index contributed by atoms with van der Waals surface area (Å²) < 4.78 is 13.0. The molecule has 0 bridgehead atoms. The summed E-state index contributed by atoms with van der Waals surface area (Å²) in [5, 5.41) is 23.4. The van der Waals surface area contributed by atoms with Crippen LogP contribution in [0.3, 0.4) is 0 Å². The van der Waals surface area contributed by atoms with Crippen LogP contribution in [0.25, 0.3) is 0 Å². The molecule has 42 heavy (non-hydrogen) atoms. The summed E-state index contributed by atoms with van der Waals surface area (Å²) >= 11 is 0. The molecule has 1 aliphatic heterocycles. The molecule has 0 radical (unpaired) electrons. The number of aliphatic hydroxyl groups is 2. The molecule has 4 aromatic rings. The van der Waals surface area contributed by atoms with Crippen LogP contribution in [0.15, 0.2) is 109 Å². The van der Waals surface area contributed by atoms with Crippen molar-refractivity contribution in [2.24, 2.45) is 0 Å². The first kappa shape index (κ1) is 29.6. The molecule has 1 saturated heterocycles. The van der Waals surface area contributed by atoms with Gasteiger partial charge in [0.25, 0.3) is 5.91 Å². The lowest BCUT2D eigenvalue weighted by atomic mass is 9.98. The predicted octanol–water partition coefficient (Wildman–Crippen LogP) is 6.03. The molecular weight excluding hydrogens is 528 g/mol. The predicted molar refractivity (Wildman–Crippen MR) is 163 cm³/mol. The lowest BCUT2D eigenvalue weighted by molar-refractivity contribution is -0.253. The SMILES string of the molecule is C[C@H]([C@@H](O)c1ccccc1)N(C)C[C@H]1C[C@@H](c2ccc(CO)cc2)O[C@@H](c2ccc(NC(=O)c3ccccc3)cc2)O1. The van der Waals surface area contributed by atoms with E-state index in [2.05, 4.69) is 10.2 Å². The van der Waals surface area contributed by atoms with Gasteiger partial charge in [-0.1, -0.05) is 84.9 Å². The van der Waals surface area contributed by atoms with Crippen LogP contribution in [-0.2, 0) is 16.1 Å². The third-order valence-corrected chi connectivity index (χ3v) is 7.88. The fraction of sp³-hybridized carbons (Fsp3) is 0.286. The van der Waals surface area contributed by atoms with Crippen LogP contribution in [0.4, 0.5) is 5.69 Å². The van der Waals surface area contributed by atoms with Crippen LogP contribution in [-0.4, -0.2) is 46.8 Å². The molecule has 0 unspecified atom stereocenters. The highest BCUT2D eigenvalue weighted by molar-refractivity contribution is 6.04. The zero-order chi connectivity index (χ0) is 29.5.